The highest BCUT2D eigenvalue weighted by atomic mass is 32.2. The van der Waals surface area contributed by atoms with Crippen molar-refractivity contribution in [2.45, 2.75) is 71.4 Å². The molecule has 0 aliphatic carbocycles. The highest BCUT2D eigenvalue weighted by Gasteiger charge is 2.26. The highest BCUT2D eigenvalue weighted by Crippen LogP contribution is 2.21. The lowest BCUT2D eigenvalue weighted by Crippen LogP contribution is -2.40. The summed E-state index contributed by atoms with van der Waals surface area (Å²) in [5, 5.41) is 4.38. The second-order valence-electron chi connectivity index (χ2n) is 6.27. The molecule has 1 heterocycles. The molecule has 22 heavy (non-hydrogen) atoms. The van der Waals surface area contributed by atoms with Crippen molar-refractivity contribution in [3.05, 3.63) is 11.4 Å². The van der Waals surface area contributed by atoms with Crippen LogP contribution in [0.4, 0.5) is 0 Å². The monoisotopic (exact) mass is 330 g/mol. The molecule has 0 aliphatic rings. The van der Waals surface area contributed by atoms with Crippen LogP contribution in [0.5, 0.6) is 0 Å². The molecule has 0 fully saturated rings. The zero-order chi connectivity index (χ0) is 16.9. The Morgan fingerprint density at radius 2 is 1.95 bits per heavy atom. The van der Waals surface area contributed by atoms with Gasteiger partial charge >= 0.3 is 0 Å². The number of aryl methyl sites for hydroxylation is 1. The fourth-order valence-electron chi connectivity index (χ4n) is 2.55. The summed E-state index contributed by atoms with van der Waals surface area (Å²) >= 11 is 0. The Hall–Kier alpha value is -0.920. The lowest BCUT2D eigenvalue weighted by atomic mass is 10.1. The van der Waals surface area contributed by atoms with Crippen molar-refractivity contribution >= 4 is 10.0 Å². The van der Waals surface area contributed by atoms with Crippen molar-refractivity contribution < 1.29 is 8.42 Å². The molecule has 1 aromatic rings. The second kappa shape index (κ2) is 8.08. The molecule has 1 unspecified atom stereocenters. The fourth-order valence-corrected chi connectivity index (χ4v) is 4.24. The Morgan fingerprint density at radius 1 is 1.32 bits per heavy atom. The summed E-state index contributed by atoms with van der Waals surface area (Å²) in [6.45, 7) is 10.8. The first kappa shape index (κ1) is 19.1. The standard InChI is InChI=1S/C15H30N4O2S/c1-6-7-8-14(9-16)18-22(20,21)15-12(4)17-19(13(15)5)10-11(2)3/h11,14,18H,6-10,16H2,1-5H3. The van der Waals surface area contributed by atoms with E-state index < -0.39 is 10.0 Å². The van der Waals surface area contributed by atoms with E-state index in [1.54, 1.807) is 18.5 Å². The van der Waals surface area contributed by atoms with Gasteiger partial charge in [0.05, 0.1) is 11.4 Å². The van der Waals surface area contributed by atoms with Gasteiger partial charge in [-0.2, -0.15) is 5.10 Å². The Kier molecular flexibility index (Phi) is 7.02. The molecule has 0 aromatic carbocycles. The quantitative estimate of drug-likeness (QED) is 0.724. The molecular formula is C15H30N4O2S. The van der Waals surface area contributed by atoms with Gasteiger partial charge in [0.2, 0.25) is 10.0 Å². The maximum atomic E-state index is 12.7. The van der Waals surface area contributed by atoms with Crippen LogP contribution in [0.2, 0.25) is 0 Å². The van der Waals surface area contributed by atoms with Crippen molar-refractivity contribution in [2.24, 2.45) is 11.7 Å². The van der Waals surface area contributed by atoms with Crippen LogP contribution < -0.4 is 10.5 Å². The van der Waals surface area contributed by atoms with E-state index in [1.807, 2.05) is 0 Å². The van der Waals surface area contributed by atoms with Crippen LogP contribution in [0.25, 0.3) is 0 Å². The minimum atomic E-state index is -3.59. The maximum Gasteiger partial charge on any atom is 0.244 e. The van der Waals surface area contributed by atoms with E-state index in [9.17, 15) is 8.42 Å². The fraction of sp³-hybridized carbons (Fsp3) is 0.800. The number of unbranched alkanes of at least 4 members (excludes halogenated alkanes) is 1. The van der Waals surface area contributed by atoms with Gasteiger partial charge in [-0.15, -0.1) is 0 Å². The van der Waals surface area contributed by atoms with Crippen LogP contribution in [-0.4, -0.2) is 30.8 Å². The van der Waals surface area contributed by atoms with Gasteiger partial charge in [-0.3, -0.25) is 4.68 Å². The average Bonchev–Trinajstić information content (AvgIpc) is 2.69. The number of sulfonamides is 1. The summed E-state index contributed by atoms with van der Waals surface area (Å²) in [5.74, 6) is 0.405. The largest absolute Gasteiger partial charge is 0.329 e. The first-order chi connectivity index (χ1) is 10.2. The normalized spacial score (nSPS) is 13.8. The van der Waals surface area contributed by atoms with Crippen LogP contribution >= 0.6 is 0 Å². The molecule has 1 aromatic heterocycles. The molecule has 0 saturated carbocycles. The van der Waals surface area contributed by atoms with E-state index in [4.69, 9.17) is 5.73 Å². The van der Waals surface area contributed by atoms with Gasteiger partial charge in [-0.1, -0.05) is 33.6 Å². The number of hydrogen-bond acceptors (Lipinski definition) is 4. The highest BCUT2D eigenvalue weighted by molar-refractivity contribution is 7.89. The Balaban J connectivity index is 3.04. The van der Waals surface area contributed by atoms with Crippen LogP contribution in [0.15, 0.2) is 4.90 Å². The Morgan fingerprint density at radius 3 is 2.45 bits per heavy atom. The van der Waals surface area contributed by atoms with Crippen molar-refractivity contribution in [1.29, 1.82) is 0 Å². The number of hydrogen-bond donors (Lipinski definition) is 2. The molecule has 0 bridgehead atoms. The summed E-state index contributed by atoms with van der Waals surface area (Å²) in [4.78, 5) is 0.295. The van der Waals surface area contributed by atoms with Crippen molar-refractivity contribution in [1.82, 2.24) is 14.5 Å². The molecule has 0 aliphatic heterocycles. The third-order valence-electron chi connectivity index (χ3n) is 3.63. The predicted octanol–water partition coefficient (Wildman–Crippen LogP) is 1.95. The van der Waals surface area contributed by atoms with E-state index in [2.05, 4.69) is 30.6 Å². The topological polar surface area (TPSA) is 90.0 Å². The van der Waals surface area contributed by atoms with Gasteiger partial charge in [0.1, 0.15) is 4.90 Å². The number of nitrogens with two attached hydrogens (primary N) is 1. The molecule has 1 atom stereocenters. The van der Waals surface area contributed by atoms with Crippen LogP contribution in [-0.2, 0) is 16.6 Å². The molecular weight excluding hydrogens is 300 g/mol. The van der Waals surface area contributed by atoms with Gasteiger partial charge in [0.15, 0.2) is 0 Å². The number of nitrogens with zero attached hydrogens (tertiary/aromatic N) is 2. The van der Waals surface area contributed by atoms with Crippen LogP contribution in [0.3, 0.4) is 0 Å². The van der Waals surface area contributed by atoms with Crippen LogP contribution in [0, 0.1) is 19.8 Å². The molecule has 0 saturated heterocycles. The van der Waals surface area contributed by atoms with E-state index in [0.29, 0.717) is 35.3 Å². The molecule has 128 valence electrons. The minimum Gasteiger partial charge on any atom is -0.329 e. The first-order valence-corrected chi connectivity index (χ1v) is 9.47. The molecule has 6 nitrogen and oxygen atoms in total. The van der Waals surface area contributed by atoms with Crippen LogP contribution in [0.1, 0.15) is 51.4 Å². The third-order valence-corrected chi connectivity index (χ3v) is 5.41. The number of nitrogens with one attached hydrogen (secondary N) is 1. The van der Waals surface area contributed by atoms with Gasteiger partial charge in [0.25, 0.3) is 0 Å². The van der Waals surface area contributed by atoms with E-state index in [0.717, 1.165) is 19.3 Å². The molecule has 3 N–H and O–H groups in total. The first-order valence-electron chi connectivity index (χ1n) is 7.99. The van der Waals surface area contributed by atoms with E-state index >= 15 is 0 Å². The van der Waals surface area contributed by atoms with Gasteiger partial charge < -0.3 is 5.73 Å². The van der Waals surface area contributed by atoms with Crippen molar-refractivity contribution in [2.75, 3.05) is 6.54 Å². The van der Waals surface area contributed by atoms with Gasteiger partial charge in [-0.25, -0.2) is 13.1 Å². The summed E-state index contributed by atoms with van der Waals surface area (Å²) in [7, 11) is -3.59. The molecule has 1 rings (SSSR count). The second-order valence-corrected chi connectivity index (χ2v) is 7.92. The van der Waals surface area contributed by atoms with Gasteiger partial charge in [0, 0.05) is 19.1 Å². The zero-order valence-corrected chi connectivity index (χ0v) is 15.2. The number of rotatable bonds is 9. The predicted molar refractivity (Wildman–Crippen MR) is 89.2 cm³/mol. The lowest BCUT2D eigenvalue weighted by molar-refractivity contribution is 0.471. The third kappa shape index (κ3) is 4.79. The lowest BCUT2D eigenvalue weighted by Gasteiger charge is -2.17. The maximum absolute atomic E-state index is 12.7. The molecule has 7 heteroatoms. The van der Waals surface area contributed by atoms with E-state index in [-0.39, 0.29) is 6.04 Å². The smallest absolute Gasteiger partial charge is 0.244 e. The van der Waals surface area contributed by atoms with E-state index in [1.165, 1.54) is 0 Å². The Labute approximate surface area is 134 Å². The number of aromatic nitrogens is 2. The molecule has 0 spiro atoms. The zero-order valence-electron chi connectivity index (χ0n) is 14.4. The summed E-state index contributed by atoms with van der Waals surface area (Å²) < 4.78 is 29.9. The van der Waals surface area contributed by atoms with Crippen molar-refractivity contribution in [3.8, 4) is 0 Å². The summed E-state index contributed by atoms with van der Waals surface area (Å²) in [5.41, 5.74) is 6.92. The van der Waals surface area contributed by atoms with Crippen molar-refractivity contribution in [3.63, 3.8) is 0 Å². The summed E-state index contributed by atoms with van der Waals surface area (Å²) in [6.07, 6.45) is 2.72. The molecule has 0 radical (unpaired) electrons. The average molecular weight is 330 g/mol. The SMILES string of the molecule is CCCCC(CN)NS(=O)(=O)c1c(C)nn(CC(C)C)c1C. The van der Waals surface area contributed by atoms with Gasteiger partial charge in [-0.05, 0) is 26.2 Å². The summed E-state index contributed by atoms with van der Waals surface area (Å²) in [6, 6.07) is -0.225. The Bertz CT molecular complexity index is 579. The minimum absolute atomic E-state index is 0.225. The molecule has 0 amide bonds.